The van der Waals surface area contributed by atoms with Crippen molar-refractivity contribution in [2.24, 2.45) is 0 Å². The predicted molar refractivity (Wildman–Crippen MR) is 60.3 cm³/mol. The van der Waals surface area contributed by atoms with E-state index in [1.54, 1.807) is 0 Å². The first-order valence-electron chi connectivity index (χ1n) is 5.16. The van der Waals surface area contributed by atoms with Gasteiger partial charge >= 0.3 is 11.9 Å². The molecule has 0 amide bonds. The third kappa shape index (κ3) is 4.16. The van der Waals surface area contributed by atoms with Crippen LogP contribution in [0.1, 0.15) is 6.42 Å². The summed E-state index contributed by atoms with van der Waals surface area (Å²) in [7, 11) is -5.04. The molecule has 0 radical (unpaired) electrons. The molecule has 116 valence electrons. The molecule has 0 spiro atoms. The minimum absolute atomic E-state index is 0.0879. The zero-order valence-electron chi connectivity index (χ0n) is 10.0. The molecule has 0 saturated heterocycles. The highest BCUT2D eigenvalue weighted by Crippen LogP contribution is 2.20. The van der Waals surface area contributed by atoms with Gasteiger partial charge in [0.1, 0.15) is 23.5 Å². The van der Waals surface area contributed by atoms with E-state index in [2.05, 4.69) is 0 Å². The normalized spacial score (nSPS) is 12.9. The van der Waals surface area contributed by atoms with E-state index in [-0.39, 0.29) is 12.1 Å². The molecule has 21 heavy (non-hydrogen) atoms. The molecule has 1 atom stereocenters. The second-order valence-electron chi connectivity index (χ2n) is 3.81. The maximum absolute atomic E-state index is 13.4. The maximum atomic E-state index is 13.4. The Kier molecular flexibility index (Phi) is 4.91. The van der Waals surface area contributed by atoms with Gasteiger partial charge in [-0.2, -0.15) is 4.72 Å². The van der Waals surface area contributed by atoms with Crippen LogP contribution in [0.4, 0.5) is 13.2 Å². The number of carbonyl (C=O) groups is 2. The van der Waals surface area contributed by atoms with E-state index in [1.807, 2.05) is 0 Å². The zero-order valence-corrected chi connectivity index (χ0v) is 10.8. The molecule has 1 rings (SSSR count). The number of halogens is 3. The molecule has 0 bridgehead atoms. The number of benzene rings is 1. The molecule has 1 aromatic carbocycles. The summed E-state index contributed by atoms with van der Waals surface area (Å²) in [6, 6.07) is -1.97. The van der Waals surface area contributed by atoms with Crippen molar-refractivity contribution in [2.45, 2.75) is 17.4 Å². The lowest BCUT2D eigenvalue weighted by Gasteiger charge is -2.13. The molecule has 0 saturated carbocycles. The Labute approximate surface area is 116 Å². The van der Waals surface area contributed by atoms with Crippen molar-refractivity contribution in [3.05, 3.63) is 29.6 Å². The van der Waals surface area contributed by atoms with Crippen molar-refractivity contribution >= 4 is 22.0 Å². The molecular formula is C10H8F3NO6S. The molecule has 7 nitrogen and oxygen atoms in total. The number of aliphatic carboxylic acids is 2. The summed E-state index contributed by atoms with van der Waals surface area (Å²) in [5.41, 5.74) is 0. The van der Waals surface area contributed by atoms with Gasteiger partial charge in [0.15, 0.2) is 4.90 Å². The summed E-state index contributed by atoms with van der Waals surface area (Å²) >= 11 is 0. The Balaban J connectivity index is 3.23. The Morgan fingerprint density at radius 3 is 2.00 bits per heavy atom. The fraction of sp³-hybridized carbons (Fsp3) is 0.200. The van der Waals surface area contributed by atoms with Crippen molar-refractivity contribution in [1.29, 1.82) is 0 Å². The number of sulfonamides is 1. The van der Waals surface area contributed by atoms with E-state index in [4.69, 9.17) is 10.2 Å². The topological polar surface area (TPSA) is 121 Å². The van der Waals surface area contributed by atoms with E-state index in [9.17, 15) is 31.2 Å². The summed E-state index contributed by atoms with van der Waals surface area (Å²) < 4.78 is 64.2. The molecule has 1 aromatic rings. The molecule has 3 N–H and O–H groups in total. The van der Waals surface area contributed by atoms with Crippen LogP contribution in [0.15, 0.2) is 17.0 Å². The fourth-order valence-corrected chi connectivity index (χ4v) is 2.69. The molecule has 0 aliphatic heterocycles. The Bertz CT molecular complexity index is 667. The fourth-order valence-electron chi connectivity index (χ4n) is 1.39. The molecule has 0 aromatic heterocycles. The van der Waals surface area contributed by atoms with E-state index in [1.165, 1.54) is 4.72 Å². The summed E-state index contributed by atoms with van der Waals surface area (Å²) in [6.45, 7) is 0. The maximum Gasteiger partial charge on any atom is 0.322 e. The van der Waals surface area contributed by atoms with Gasteiger partial charge in [0, 0.05) is 12.1 Å². The number of nitrogens with one attached hydrogen (secondary N) is 1. The van der Waals surface area contributed by atoms with Crippen LogP contribution >= 0.6 is 0 Å². The third-order valence-electron chi connectivity index (χ3n) is 2.21. The van der Waals surface area contributed by atoms with Crippen LogP contribution < -0.4 is 4.72 Å². The van der Waals surface area contributed by atoms with Crippen molar-refractivity contribution in [3.8, 4) is 0 Å². The van der Waals surface area contributed by atoms with E-state index < -0.39 is 56.8 Å². The van der Waals surface area contributed by atoms with Gasteiger partial charge in [-0.05, 0) is 0 Å². The highest BCUT2D eigenvalue weighted by atomic mass is 32.2. The van der Waals surface area contributed by atoms with E-state index in [0.717, 1.165) is 0 Å². The van der Waals surface area contributed by atoms with Crippen molar-refractivity contribution < 1.29 is 41.4 Å². The van der Waals surface area contributed by atoms with Gasteiger partial charge in [0.2, 0.25) is 10.0 Å². The van der Waals surface area contributed by atoms with Gasteiger partial charge < -0.3 is 10.2 Å². The van der Waals surface area contributed by atoms with Crippen LogP contribution in [0.5, 0.6) is 0 Å². The average Bonchev–Trinajstić information content (AvgIpc) is 2.24. The first-order valence-corrected chi connectivity index (χ1v) is 6.64. The van der Waals surface area contributed by atoms with Gasteiger partial charge in [0.05, 0.1) is 6.42 Å². The standard InChI is InChI=1S/C10H8F3NO6S/c11-4-1-5(12)9(6(13)2-4)21(19,20)14-7(10(17)18)3-8(15)16/h1-2,7,14H,3H2,(H,15,16)(H,17,18)/t7-/m1/s1. The zero-order chi connectivity index (χ0) is 16.4. The van der Waals surface area contributed by atoms with Crippen molar-refractivity contribution in [2.75, 3.05) is 0 Å². The Hall–Kier alpha value is -2.14. The first kappa shape index (κ1) is 16.9. The number of carboxylic acid groups (broad SMARTS) is 2. The monoisotopic (exact) mass is 327 g/mol. The van der Waals surface area contributed by atoms with Crippen molar-refractivity contribution in [3.63, 3.8) is 0 Å². The Morgan fingerprint density at radius 1 is 1.14 bits per heavy atom. The number of carboxylic acids is 2. The van der Waals surface area contributed by atoms with Crippen LogP contribution in [0.25, 0.3) is 0 Å². The van der Waals surface area contributed by atoms with Crippen LogP contribution in [0.2, 0.25) is 0 Å². The smallest absolute Gasteiger partial charge is 0.322 e. The van der Waals surface area contributed by atoms with Crippen LogP contribution in [-0.2, 0) is 19.6 Å². The number of hydrogen-bond donors (Lipinski definition) is 3. The third-order valence-corrected chi connectivity index (χ3v) is 3.73. The average molecular weight is 327 g/mol. The van der Waals surface area contributed by atoms with Gasteiger partial charge in [-0.15, -0.1) is 0 Å². The number of hydrogen-bond acceptors (Lipinski definition) is 4. The molecule has 0 unspecified atom stereocenters. The van der Waals surface area contributed by atoms with Gasteiger partial charge in [0.25, 0.3) is 0 Å². The molecule has 0 fully saturated rings. The highest BCUT2D eigenvalue weighted by Gasteiger charge is 2.31. The van der Waals surface area contributed by atoms with Gasteiger partial charge in [-0.25, -0.2) is 21.6 Å². The van der Waals surface area contributed by atoms with Gasteiger partial charge in [-0.1, -0.05) is 0 Å². The second-order valence-corrected chi connectivity index (χ2v) is 5.46. The SMILES string of the molecule is O=C(O)C[C@@H](NS(=O)(=O)c1c(F)cc(F)cc1F)C(=O)O. The number of rotatable bonds is 6. The van der Waals surface area contributed by atoms with Crippen LogP contribution in [-0.4, -0.2) is 36.6 Å². The molecule has 11 heteroatoms. The van der Waals surface area contributed by atoms with E-state index in [0.29, 0.717) is 0 Å². The van der Waals surface area contributed by atoms with Gasteiger partial charge in [-0.3, -0.25) is 9.59 Å². The lowest BCUT2D eigenvalue weighted by atomic mass is 10.2. The van der Waals surface area contributed by atoms with E-state index >= 15 is 0 Å². The van der Waals surface area contributed by atoms with Crippen LogP contribution in [0.3, 0.4) is 0 Å². The first-order chi connectivity index (χ1) is 9.54. The molecule has 0 aliphatic rings. The van der Waals surface area contributed by atoms with Crippen molar-refractivity contribution in [1.82, 2.24) is 4.72 Å². The lowest BCUT2D eigenvalue weighted by Crippen LogP contribution is -2.42. The lowest BCUT2D eigenvalue weighted by molar-refractivity contribution is -0.145. The summed E-state index contributed by atoms with van der Waals surface area (Å²) in [6.07, 6.45) is -1.15. The minimum Gasteiger partial charge on any atom is -0.481 e. The highest BCUT2D eigenvalue weighted by molar-refractivity contribution is 7.89. The van der Waals surface area contributed by atoms with Crippen LogP contribution in [0, 0.1) is 17.5 Å². The summed E-state index contributed by atoms with van der Waals surface area (Å²) in [5, 5.41) is 17.1. The second kappa shape index (κ2) is 6.10. The molecular weight excluding hydrogens is 319 g/mol. The largest absolute Gasteiger partial charge is 0.481 e. The molecule has 0 heterocycles. The summed E-state index contributed by atoms with van der Waals surface area (Å²) in [4.78, 5) is 19.6. The molecule has 0 aliphatic carbocycles. The quantitative estimate of drug-likeness (QED) is 0.691. The minimum atomic E-state index is -5.04. The predicted octanol–water partition coefficient (Wildman–Crippen LogP) is 0.310. The Morgan fingerprint density at radius 2 is 1.62 bits per heavy atom. The summed E-state index contributed by atoms with van der Waals surface area (Å²) in [5.74, 6) is -8.43.